The zero-order valence-electron chi connectivity index (χ0n) is 12.9. The minimum Gasteiger partial charge on any atom is -0.349 e. The highest BCUT2D eigenvalue weighted by molar-refractivity contribution is 5.75. The number of hydrogen-bond donors (Lipinski definition) is 0. The van der Waals surface area contributed by atoms with E-state index < -0.39 is 0 Å². The van der Waals surface area contributed by atoms with Gasteiger partial charge in [0.1, 0.15) is 0 Å². The van der Waals surface area contributed by atoms with Crippen LogP contribution < -0.4 is 0 Å². The van der Waals surface area contributed by atoms with Gasteiger partial charge in [-0.05, 0) is 25.9 Å². The third kappa shape index (κ3) is 9.46. The van der Waals surface area contributed by atoms with Gasteiger partial charge in [0.15, 0.2) is 0 Å². The van der Waals surface area contributed by atoms with Crippen molar-refractivity contribution in [3.05, 3.63) is 0 Å². The molecule has 0 aliphatic heterocycles. The molecular weight excluding hydrogens is 224 g/mol. The Labute approximate surface area is 114 Å². The van der Waals surface area contributed by atoms with Gasteiger partial charge in [-0.25, -0.2) is 0 Å². The van der Waals surface area contributed by atoms with E-state index in [0.717, 1.165) is 19.6 Å². The van der Waals surface area contributed by atoms with E-state index in [4.69, 9.17) is 0 Å². The van der Waals surface area contributed by atoms with Crippen LogP contribution in [-0.2, 0) is 4.79 Å². The molecule has 0 N–H and O–H groups in total. The summed E-state index contributed by atoms with van der Waals surface area (Å²) >= 11 is 0. The molecule has 0 heterocycles. The molecule has 0 atom stereocenters. The van der Waals surface area contributed by atoms with Crippen molar-refractivity contribution in [1.29, 1.82) is 0 Å². The van der Waals surface area contributed by atoms with Crippen LogP contribution in [0.4, 0.5) is 0 Å². The first-order valence-corrected chi connectivity index (χ1v) is 7.54. The fraction of sp³-hybridized carbons (Fsp3) is 0.933. The average Bonchev–Trinajstić information content (AvgIpc) is 2.35. The molecule has 0 aromatic carbocycles. The minimum absolute atomic E-state index is 0.242. The molecule has 18 heavy (non-hydrogen) atoms. The average molecular weight is 256 g/mol. The normalized spacial score (nSPS) is 10.9. The van der Waals surface area contributed by atoms with E-state index in [1.165, 1.54) is 38.5 Å². The summed E-state index contributed by atoms with van der Waals surface area (Å²) in [5, 5.41) is 0. The van der Waals surface area contributed by atoms with Gasteiger partial charge in [-0.1, -0.05) is 39.5 Å². The van der Waals surface area contributed by atoms with Gasteiger partial charge in [-0.3, -0.25) is 4.79 Å². The third-order valence-electron chi connectivity index (χ3n) is 3.30. The maximum Gasteiger partial charge on any atom is 0.223 e. The molecule has 0 radical (unpaired) electrons. The fourth-order valence-corrected chi connectivity index (χ4v) is 1.98. The van der Waals surface area contributed by atoms with E-state index in [1.807, 2.05) is 14.1 Å². The summed E-state index contributed by atoms with van der Waals surface area (Å²) in [6, 6.07) is 0. The highest BCUT2D eigenvalue weighted by atomic mass is 16.2. The van der Waals surface area contributed by atoms with Crippen molar-refractivity contribution in [2.45, 2.75) is 58.8 Å². The molecule has 0 aliphatic carbocycles. The molecule has 108 valence electrons. The number of amides is 1. The van der Waals surface area contributed by atoms with Gasteiger partial charge in [0.2, 0.25) is 5.91 Å². The van der Waals surface area contributed by atoms with Crippen molar-refractivity contribution in [3.8, 4) is 0 Å². The van der Waals surface area contributed by atoms with E-state index in [9.17, 15) is 4.79 Å². The lowest BCUT2D eigenvalue weighted by Crippen LogP contribution is -2.31. The Hall–Kier alpha value is -0.570. The molecule has 1 amide bonds. The first-order valence-electron chi connectivity index (χ1n) is 7.54. The molecule has 0 unspecified atom stereocenters. The number of carbonyl (C=O) groups excluding carboxylic acids is 1. The standard InChI is InChI=1S/C15H32N2O/c1-5-7-9-12-17(13-10-8-6-2)14-11-15(18)16(3)4/h5-14H2,1-4H3. The Morgan fingerprint density at radius 1 is 0.833 bits per heavy atom. The van der Waals surface area contributed by atoms with Crippen molar-refractivity contribution in [2.24, 2.45) is 0 Å². The molecule has 0 saturated heterocycles. The van der Waals surface area contributed by atoms with Crippen LogP contribution in [-0.4, -0.2) is 49.4 Å². The van der Waals surface area contributed by atoms with Crippen molar-refractivity contribution < 1.29 is 4.79 Å². The quantitative estimate of drug-likeness (QED) is 0.530. The van der Waals surface area contributed by atoms with Crippen molar-refractivity contribution in [3.63, 3.8) is 0 Å². The molecule has 0 aliphatic rings. The van der Waals surface area contributed by atoms with Crippen LogP contribution in [0, 0.1) is 0 Å². The van der Waals surface area contributed by atoms with E-state index in [2.05, 4.69) is 18.7 Å². The molecule has 3 nitrogen and oxygen atoms in total. The maximum atomic E-state index is 11.6. The second kappa shape index (κ2) is 11.5. The zero-order chi connectivity index (χ0) is 13.8. The summed E-state index contributed by atoms with van der Waals surface area (Å²) in [4.78, 5) is 15.8. The smallest absolute Gasteiger partial charge is 0.223 e. The summed E-state index contributed by atoms with van der Waals surface area (Å²) in [5.41, 5.74) is 0. The number of unbranched alkanes of at least 4 members (excludes halogenated alkanes) is 4. The lowest BCUT2D eigenvalue weighted by atomic mass is 10.2. The Balaban J connectivity index is 3.90. The van der Waals surface area contributed by atoms with Gasteiger partial charge in [0.05, 0.1) is 0 Å². The second-order valence-corrected chi connectivity index (χ2v) is 5.29. The van der Waals surface area contributed by atoms with Gasteiger partial charge in [-0.2, -0.15) is 0 Å². The SMILES string of the molecule is CCCCCN(CCCCC)CCC(=O)N(C)C. The van der Waals surface area contributed by atoms with Gasteiger partial charge in [-0.15, -0.1) is 0 Å². The topological polar surface area (TPSA) is 23.6 Å². The van der Waals surface area contributed by atoms with Crippen LogP contribution in [0.5, 0.6) is 0 Å². The van der Waals surface area contributed by atoms with Crippen molar-refractivity contribution in [2.75, 3.05) is 33.7 Å². The van der Waals surface area contributed by atoms with Crippen LogP contribution in [0.3, 0.4) is 0 Å². The Kier molecular flexibility index (Phi) is 11.2. The molecule has 0 fully saturated rings. The highest BCUT2D eigenvalue weighted by Gasteiger charge is 2.09. The van der Waals surface area contributed by atoms with Gasteiger partial charge in [0.25, 0.3) is 0 Å². The number of hydrogen-bond acceptors (Lipinski definition) is 2. The van der Waals surface area contributed by atoms with Gasteiger partial charge < -0.3 is 9.80 Å². The van der Waals surface area contributed by atoms with Gasteiger partial charge >= 0.3 is 0 Å². The van der Waals surface area contributed by atoms with E-state index in [0.29, 0.717) is 6.42 Å². The molecule has 0 bridgehead atoms. The van der Waals surface area contributed by atoms with Crippen molar-refractivity contribution >= 4 is 5.91 Å². The number of rotatable bonds is 11. The van der Waals surface area contributed by atoms with Crippen LogP contribution in [0.15, 0.2) is 0 Å². The largest absolute Gasteiger partial charge is 0.349 e. The summed E-state index contributed by atoms with van der Waals surface area (Å²) < 4.78 is 0. The lowest BCUT2D eigenvalue weighted by Gasteiger charge is -2.22. The zero-order valence-corrected chi connectivity index (χ0v) is 12.9. The third-order valence-corrected chi connectivity index (χ3v) is 3.30. The minimum atomic E-state index is 0.242. The lowest BCUT2D eigenvalue weighted by molar-refractivity contribution is -0.129. The number of nitrogens with zero attached hydrogens (tertiary/aromatic N) is 2. The Morgan fingerprint density at radius 2 is 1.33 bits per heavy atom. The summed E-state index contributed by atoms with van der Waals surface area (Å²) in [7, 11) is 3.67. The summed E-state index contributed by atoms with van der Waals surface area (Å²) in [5.74, 6) is 0.242. The summed E-state index contributed by atoms with van der Waals surface area (Å²) in [6.07, 6.45) is 8.31. The van der Waals surface area contributed by atoms with E-state index in [1.54, 1.807) is 4.90 Å². The first kappa shape index (κ1) is 17.4. The molecule has 3 heteroatoms. The molecular formula is C15H32N2O. The van der Waals surface area contributed by atoms with E-state index in [-0.39, 0.29) is 5.91 Å². The van der Waals surface area contributed by atoms with E-state index >= 15 is 0 Å². The fourth-order valence-electron chi connectivity index (χ4n) is 1.98. The monoisotopic (exact) mass is 256 g/mol. The predicted molar refractivity (Wildman–Crippen MR) is 78.8 cm³/mol. The summed E-state index contributed by atoms with van der Waals surface area (Å²) in [6.45, 7) is 7.69. The predicted octanol–water partition coefficient (Wildman–Crippen LogP) is 3.15. The molecule has 0 aromatic heterocycles. The Morgan fingerprint density at radius 3 is 1.72 bits per heavy atom. The van der Waals surface area contributed by atoms with Crippen LogP contribution in [0.2, 0.25) is 0 Å². The molecule has 0 rings (SSSR count). The van der Waals surface area contributed by atoms with Crippen LogP contribution in [0.25, 0.3) is 0 Å². The maximum absolute atomic E-state index is 11.6. The van der Waals surface area contributed by atoms with Crippen LogP contribution in [0.1, 0.15) is 58.8 Å². The number of carbonyl (C=O) groups is 1. The van der Waals surface area contributed by atoms with Gasteiger partial charge in [0, 0.05) is 27.1 Å². The Bertz CT molecular complexity index is 195. The molecule has 0 saturated carbocycles. The highest BCUT2D eigenvalue weighted by Crippen LogP contribution is 2.04. The molecule has 0 aromatic rings. The first-order chi connectivity index (χ1) is 8.61. The van der Waals surface area contributed by atoms with Crippen LogP contribution >= 0.6 is 0 Å². The second-order valence-electron chi connectivity index (χ2n) is 5.29. The van der Waals surface area contributed by atoms with Crippen molar-refractivity contribution in [1.82, 2.24) is 9.80 Å². The molecule has 0 spiro atoms.